The van der Waals surface area contributed by atoms with Gasteiger partial charge in [0.05, 0.1) is 21.9 Å². The molecule has 0 radical (unpaired) electrons. The van der Waals surface area contributed by atoms with Crippen molar-refractivity contribution in [2.24, 2.45) is 0 Å². The highest BCUT2D eigenvalue weighted by atomic mass is 79.9. The van der Waals surface area contributed by atoms with Gasteiger partial charge in [-0.25, -0.2) is 4.98 Å². The molecule has 0 N–H and O–H groups in total. The van der Waals surface area contributed by atoms with E-state index in [1.807, 2.05) is 30.3 Å². The van der Waals surface area contributed by atoms with Crippen molar-refractivity contribution in [1.29, 1.82) is 0 Å². The molecular formula is C15H11BrCl2N2. The highest BCUT2D eigenvalue weighted by Crippen LogP contribution is 2.26. The van der Waals surface area contributed by atoms with E-state index in [4.69, 9.17) is 23.2 Å². The van der Waals surface area contributed by atoms with Crippen LogP contribution >= 0.6 is 39.1 Å². The van der Waals surface area contributed by atoms with Gasteiger partial charge >= 0.3 is 0 Å². The Bertz CT molecular complexity index is 768. The minimum atomic E-state index is 0.360. The number of aromatic nitrogens is 2. The van der Waals surface area contributed by atoms with Crippen LogP contribution in [0.3, 0.4) is 0 Å². The Morgan fingerprint density at radius 3 is 2.70 bits per heavy atom. The number of halogens is 3. The maximum Gasteiger partial charge on any atom is 0.125 e. The molecule has 0 atom stereocenters. The second kappa shape index (κ2) is 5.76. The Kier molecular flexibility index (Phi) is 4.01. The van der Waals surface area contributed by atoms with Crippen molar-refractivity contribution in [3.63, 3.8) is 0 Å². The summed E-state index contributed by atoms with van der Waals surface area (Å²) in [5.41, 5.74) is 2.98. The van der Waals surface area contributed by atoms with Crippen molar-refractivity contribution in [1.82, 2.24) is 9.55 Å². The van der Waals surface area contributed by atoms with Gasteiger partial charge in [0, 0.05) is 11.0 Å². The molecule has 20 heavy (non-hydrogen) atoms. The van der Waals surface area contributed by atoms with Crippen LogP contribution in [0.25, 0.3) is 11.0 Å². The Hall–Kier alpha value is -1.03. The maximum absolute atomic E-state index is 6.32. The summed E-state index contributed by atoms with van der Waals surface area (Å²) in [6.45, 7) is 0.696. The lowest BCUT2D eigenvalue weighted by molar-refractivity contribution is 0.778. The fourth-order valence-corrected chi connectivity index (χ4v) is 3.20. The Morgan fingerprint density at radius 1 is 1.15 bits per heavy atom. The molecule has 3 rings (SSSR count). The summed E-state index contributed by atoms with van der Waals surface area (Å²) < 4.78 is 3.13. The average Bonchev–Trinajstić information content (AvgIpc) is 2.78. The number of hydrogen-bond acceptors (Lipinski definition) is 1. The quantitative estimate of drug-likeness (QED) is 0.577. The fourth-order valence-electron chi connectivity index (χ4n) is 2.28. The predicted octanol–water partition coefficient (Wildman–Crippen LogP) is 5.24. The first kappa shape index (κ1) is 13.9. The summed E-state index contributed by atoms with van der Waals surface area (Å²) in [5.74, 6) is 1.19. The zero-order chi connectivity index (χ0) is 14.1. The molecule has 102 valence electrons. The summed E-state index contributed by atoms with van der Waals surface area (Å²) >= 11 is 15.8. The normalized spacial score (nSPS) is 11.2. The molecule has 0 unspecified atom stereocenters. The van der Waals surface area contributed by atoms with Crippen LogP contribution in [0.15, 0.2) is 46.9 Å². The second-order valence-corrected chi connectivity index (χ2v) is 6.08. The number of hydrogen-bond donors (Lipinski definition) is 0. The molecule has 0 fully saturated rings. The molecule has 0 aliphatic heterocycles. The third-order valence-corrected chi connectivity index (χ3v) is 4.18. The standard InChI is InChI=1S/C15H11BrCl2N2/c16-11-4-1-3-10(7-11)9-20-14(8-17)19-13-6-2-5-12(18)15(13)20/h1-7H,8-9H2. The van der Waals surface area contributed by atoms with Crippen molar-refractivity contribution in [3.8, 4) is 0 Å². The van der Waals surface area contributed by atoms with Crippen LogP contribution in [-0.2, 0) is 12.4 Å². The van der Waals surface area contributed by atoms with E-state index < -0.39 is 0 Å². The number of rotatable bonds is 3. The van der Waals surface area contributed by atoms with E-state index in [1.54, 1.807) is 0 Å². The van der Waals surface area contributed by atoms with Gasteiger partial charge in [-0.05, 0) is 29.8 Å². The fraction of sp³-hybridized carbons (Fsp3) is 0.133. The van der Waals surface area contributed by atoms with Crippen molar-refractivity contribution < 1.29 is 0 Å². The van der Waals surface area contributed by atoms with Gasteiger partial charge in [-0.2, -0.15) is 0 Å². The summed E-state index contributed by atoms with van der Waals surface area (Å²) in [6.07, 6.45) is 0. The average molecular weight is 370 g/mol. The molecule has 3 aromatic rings. The third kappa shape index (κ3) is 2.58. The Labute approximate surface area is 135 Å². The first-order valence-electron chi connectivity index (χ1n) is 6.13. The first-order chi connectivity index (χ1) is 9.69. The lowest BCUT2D eigenvalue weighted by Crippen LogP contribution is -2.04. The summed E-state index contributed by atoms with van der Waals surface area (Å²) in [5, 5.41) is 0.696. The largest absolute Gasteiger partial charge is 0.321 e. The number of benzene rings is 2. The summed E-state index contributed by atoms with van der Waals surface area (Å²) in [6, 6.07) is 13.9. The molecular weight excluding hydrogens is 359 g/mol. The van der Waals surface area contributed by atoms with E-state index in [0.717, 1.165) is 21.3 Å². The minimum Gasteiger partial charge on any atom is -0.321 e. The van der Waals surface area contributed by atoms with Crippen LogP contribution in [0.1, 0.15) is 11.4 Å². The zero-order valence-corrected chi connectivity index (χ0v) is 13.6. The van der Waals surface area contributed by atoms with E-state index >= 15 is 0 Å². The van der Waals surface area contributed by atoms with E-state index in [-0.39, 0.29) is 0 Å². The third-order valence-electron chi connectivity index (χ3n) is 3.15. The molecule has 2 aromatic carbocycles. The number of alkyl halides is 1. The Morgan fingerprint density at radius 2 is 1.95 bits per heavy atom. The van der Waals surface area contributed by atoms with Gasteiger partial charge in [0.25, 0.3) is 0 Å². The molecule has 0 amide bonds. The molecule has 5 heteroatoms. The lowest BCUT2D eigenvalue weighted by atomic mass is 10.2. The molecule has 0 saturated carbocycles. The van der Waals surface area contributed by atoms with Crippen molar-refractivity contribution >= 4 is 50.2 Å². The van der Waals surface area contributed by atoms with Gasteiger partial charge in [-0.1, -0.05) is 45.7 Å². The van der Waals surface area contributed by atoms with Gasteiger partial charge in [0.2, 0.25) is 0 Å². The number of para-hydroxylation sites is 1. The molecule has 0 saturated heterocycles. The van der Waals surface area contributed by atoms with Crippen LogP contribution in [0.5, 0.6) is 0 Å². The van der Waals surface area contributed by atoms with E-state index in [1.165, 1.54) is 5.56 Å². The Balaban J connectivity index is 2.14. The van der Waals surface area contributed by atoms with E-state index in [9.17, 15) is 0 Å². The number of nitrogens with zero attached hydrogens (tertiary/aromatic N) is 2. The molecule has 1 heterocycles. The minimum absolute atomic E-state index is 0.360. The van der Waals surface area contributed by atoms with Crippen LogP contribution in [0, 0.1) is 0 Å². The highest BCUT2D eigenvalue weighted by molar-refractivity contribution is 9.10. The first-order valence-corrected chi connectivity index (χ1v) is 7.83. The molecule has 1 aromatic heterocycles. The lowest BCUT2D eigenvalue weighted by Gasteiger charge is -2.09. The van der Waals surface area contributed by atoms with Crippen LogP contribution in [0.4, 0.5) is 0 Å². The molecule has 0 spiro atoms. The SMILES string of the molecule is ClCc1nc2cccc(Cl)c2n1Cc1cccc(Br)c1. The predicted molar refractivity (Wildman–Crippen MR) is 87.5 cm³/mol. The van der Waals surface area contributed by atoms with Gasteiger partial charge in [-0.15, -0.1) is 11.6 Å². The van der Waals surface area contributed by atoms with Crippen molar-refractivity contribution in [2.75, 3.05) is 0 Å². The molecule has 0 bridgehead atoms. The highest BCUT2D eigenvalue weighted by Gasteiger charge is 2.13. The number of fused-ring (bicyclic) bond motifs is 1. The van der Waals surface area contributed by atoms with Crippen molar-refractivity contribution in [3.05, 3.63) is 63.3 Å². The van der Waals surface area contributed by atoms with Crippen LogP contribution < -0.4 is 0 Å². The summed E-state index contributed by atoms with van der Waals surface area (Å²) in [7, 11) is 0. The van der Waals surface area contributed by atoms with Gasteiger partial charge in [-0.3, -0.25) is 0 Å². The molecule has 0 aliphatic rings. The van der Waals surface area contributed by atoms with Gasteiger partial charge in [0.15, 0.2) is 0 Å². The van der Waals surface area contributed by atoms with Crippen molar-refractivity contribution in [2.45, 2.75) is 12.4 Å². The van der Waals surface area contributed by atoms with E-state index in [0.29, 0.717) is 17.4 Å². The van der Waals surface area contributed by atoms with Gasteiger partial charge in [0.1, 0.15) is 5.82 Å². The zero-order valence-electron chi connectivity index (χ0n) is 10.5. The monoisotopic (exact) mass is 368 g/mol. The maximum atomic E-state index is 6.32. The van der Waals surface area contributed by atoms with E-state index in [2.05, 4.69) is 37.6 Å². The molecule has 0 aliphatic carbocycles. The van der Waals surface area contributed by atoms with Crippen LogP contribution in [0.2, 0.25) is 5.02 Å². The summed E-state index contributed by atoms with van der Waals surface area (Å²) in [4.78, 5) is 4.55. The molecule has 2 nitrogen and oxygen atoms in total. The van der Waals surface area contributed by atoms with Gasteiger partial charge < -0.3 is 4.57 Å². The smallest absolute Gasteiger partial charge is 0.125 e. The topological polar surface area (TPSA) is 17.8 Å². The second-order valence-electron chi connectivity index (χ2n) is 4.49. The van der Waals surface area contributed by atoms with Crippen LogP contribution in [-0.4, -0.2) is 9.55 Å². The number of imidazole rings is 1.